The molecule has 5 nitrogen and oxygen atoms in total. The lowest BCUT2D eigenvalue weighted by molar-refractivity contribution is 0.0953. The molecule has 0 aliphatic heterocycles. The summed E-state index contributed by atoms with van der Waals surface area (Å²) in [6, 6.07) is 7.81. The maximum atomic E-state index is 12.1. The molecule has 0 spiro atoms. The number of rotatable bonds is 6. The SMILES string of the molecule is O=C(NCCCCn1ccnc1)c1cc2ccccn2c1. The number of fused-ring (bicyclic) bond motifs is 1. The van der Waals surface area contributed by atoms with Gasteiger partial charge in [-0.15, -0.1) is 0 Å². The minimum absolute atomic E-state index is 0.0127. The number of unbranched alkanes of at least 4 members (excludes halogenated alkanes) is 1. The molecule has 0 fully saturated rings. The van der Waals surface area contributed by atoms with Gasteiger partial charge in [-0.25, -0.2) is 4.98 Å². The summed E-state index contributed by atoms with van der Waals surface area (Å²) in [7, 11) is 0. The second-order valence-electron chi connectivity index (χ2n) is 5.03. The molecule has 3 rings (SSSR count). The third-order valence-corrected chi connectivity index (χ3v) is 3.45. The maximum Gasteiger partial charge on any atom is 0.252 e. The lowest BCUT2D eigenvalue weighted by atomic mass is 10.2. The van der Waals surface area contributed by atoms with Crippen molar-refractivity contribution in [2.45, 2.75) is 19.4 Å². The summed E-state index contributed by atoms with van der Waals surface area (Å²) in [6.07, 6.45) is 11.3. The molecule has 1 amide bonds. The van der Waals surface area contributed by atoms with Crippen LogP contribution in [0.15, 0.2) is 55.4 Å². The van der Waals surface area contributed by atoms with Gasteiger partial charge in [0.1, 0.15) is 0 Å². The van der Waals surface area contributed by atoms with Crippen molar-refractivity contribution in [1.82, 2.24) is 19.3 Å². The fourth-order valence-electron chi connectivity index (χ4n) is 2.32. The topological polar surface area (TPSA) is 51.3 Å². The zero-order chi connectivity index (χ0) is 14.5. The van der Waals surface area contributed by atoms with Crippen LogP contribution in [0.5, 0.6) is 0 Å². The first-order chi connectivity index (χ1) is 10.3. The van der Waals surface area contributed by atoms with Gasteiger partial charge in [0.2, 0.25) is 0 Å². The van der Waals surface area contributed by atoms with Crippen molar-refractivity contribution in [3.63, 3.8) is 0 Å². The molecule has 1 N–H and O–H groups in total. The lowest BCUT2D eigenvalue weighted by Crippen LogP contribution is -2.24. The van der Waals surface area contributed by atoms with Gasteiger partial charge in [0.25, 0.3) is 5.91 Å². The number of aryl methyl sites for hydroxylation is 1. The summed E-state index contributed by atoms with van der Waals surface area (Å²) in [6.45, 7) is 1.63. The highest BCUT2D eigenvalue weighted by Crippen LogP contribution is 2.09. The Bertz CT molecular complexity index is 682. The number of nitrogens with zero attached hydrogens (tertiary/aromatic N) is 3. The fraction of sp³-hybridized carbons (Fsp3) is 0.250. The molecule has 108 valence electrons. The van der Waals surface area contributed by atoms with Crippen molar-refractivity contribution < 1.29 is 4.79 Å². The average molecular weight is 282 g/mol. The standard InChI is InChI=1S/C16H18N4O/c21-16(14-11-15-5-1-3-9-20(15)12-14)18-6-2-4-8-19-10-7-17-13-19/h1,3,5,7,9-13H,2,4,6,8H2,(H,18,21). The summed E-state index contributed by atoms with van der Waals surface area (Å²) in [4.78, 5) is 16.1. The molecular formula is C16H18N4O. The van der Waals surface area contributed by atoms with Crippen LogP contribution >= 0.6 is 0 Å². The molecular weight excluding hydrogens is 264 g/mol. The van der Waals surface area contributed by atoms with Gasteiger partial charge in [-0.05, 0) is 31.0 Å². The van der Waals surface area contributed by atoms with Crippen LogP contribution in [0, 0.1) is 0 Å². The van der Waals surface area contributed by atoms with Crippen molar-refractivity contribution in [2.75, 3.05) is 6.54 Å². The Morgan fingerprint density at radius 2 is 2.19 bits per heavy atom. The van der Waals surface area contributed by atoms with Crippen LogP contribution in [0.4, 0.5) is 0 Å². The number of amides is 1. The zero-order valence-corrected chi connectivity index (χ0v) is 11.8. The summed E-state index contributed by atoms with van der Waals surface area (Å²) >= 11 is 0. The van der Waals surface area contributed by atoms with E-state index in [4.69, 9.17) is 0 Å². The molecule has 0 saturated heterocycles. The van der Waals surface area contributed by atoms with E-state index < -0.39 is 0 Å². The minimum atomic E-state index is -0.0127. The number of aromatic nitrogens is 3. The van der Waals surface area contributed by atoms with Crippen LogP contribution in [0.2, 0.25) is 0 Å². The van der Waals surface area contributed by atoms with E-state index in [1.165, 1.54) is 0 Å². The molecule has 3 aromatic rings. The minimum Gasteiger partial charge on any atom is -0.352 e. The first-order valence-electron chi connectivity index (χ1n) is 7.13. The summed E-state index contributed by atoms with van der Waals surface area (Å²) in [5.74, 6) is -0.0127. The summed E-state index contributed by atoms with van der Waals surface area (Å²) in [5, 5.41) is 2.96. The van der Waals surface area contributed by atoms with E-state index in [1.807, 2.05) is 58.2 Å². The van der Waals surface area contributed by atoms with Crippen LogP contribution in [0.3, 0.4) is 0 Å². The molecule has 0 radical (unpaired) electrons. The first kappa shape index (κ1) is 13.4. The Kier molecular flexibility index (Phi) is 4.00. The van der Waals surface area contributed by atoms with E-state index in [0.29, 0.717) is 12.1 Å². The monoisotopic (exact) mass is 282 g/mol. The lowest BCUT2D eigenvalue weighted by Gasteiger charge is -2.04. The molecule has 0 unspecified atom stereocenters. The Hall–Kier alpha value is -2.56. The van der Waals surface area contributed by atoms with E-state index in [-0.39, 0.29) is 5.91 Å². The third-order valence-electron chi connectivity index (χ3n) is 3.45. The highest BCUT2D eigenvalue weighted by molar-refractivity contribution is 5.95. The van der Waals surface area contributed by atoms with Gasteiger partial charge < -0.3 is 14.3 Å². The largest absolute Gasteiger partial charge is 0.352 e. The normalized spacial score (nSPS) is 10.9. The molecule has 3 aromatic heterocycles. The number of carbonyl (C=O) groups is 1. The molecule has 0 bridgehead atoms. The molecule has 5 heteroatoms. The first-order valence-corrected chi connectivity index (χ1v) is 7.13. The number of pyridine rings is 1. The van der Waals surface area contributed by atoms with Crippen molar-refractivity contribution in [3.8, 4) is 0 Å². The maximum absolute atomic E-state index is 12.1. The molecule has 0 aromatic carbocycles. The van der Waals surface area contributed by atoms with Crippen LogP contribution in [0.1, 0.15) is 23.2 Å². The molecule has 3 heterocycles. The fourth-order valence-corrected chi connectivity index (χ4v) is 2.32. The zero-order valence-electron chi connectivity index (χ0n) is 11.8. The molecule has 21 heavy (non-hydrogen) atoms. The summed E-state index contributed by atoms with van der Waals surface area (Å²) < 4.78 is 4.00. The van der Waals surface area contributed by atoms with Crippen molar-refractivity contribution in [2.24, 2.45) is 0 Å². The summed E-state index contributed by atoms with van der Waals surface area (Å²) in [5.41, 5.74) is 1.73. The smallest absolute Gasteiger partial charge is 0.252 e. The van der Waals surface area contributed by atoms with E-state index in [2.05, 4.69) is 10.3 Å². The Balaban J connectivity index is 1.45. The van der Waals surface area contributed by atoms with E-state index in [9.17, 15) is 4.79 Å². The van der Waals surface area contributed by atoms with E-state index in [1.54, 1.807) is 6.20 Å². The number of hydrogen-bond donors (Lipinski definition) is 1. The number of hydrogen-bond acceptors (Lipinski definition) is 2. The number of carbonyl (C=O) groups excluding carboxylic acids is 1. The van der Waals surface area contributed by atoms with Gasteiger partial charge in [0.05, 0.1) is 11.9 Å². The molecule has 0 atom stereocenters. The third kappa shape index (κ3) is 3.31. The second kappa shape index (κ2) is 6.26. The number of imidazole rings is 1. The number of nitrogens with one attached hydrogen (secondary N) is 1. The van der Waals surface area contributed by atoms with Gasteiger partial charge in [0, 0.05) is 43.4 Å². The van der Waals surface area contributed by atoms with E-state index >= 15 is 0 Å². The van der Waals surface area contributed by atoms with Gasteiger partial charge in [-0.1, -0.05) is 6.07 Å². The van der Waals surface area contributed by atoms with Gasteiger partial charge in [-0.2, -0.15) is 0 Å². The Morgan fingerprint density at radius 3 is 3.00 bits per heavy atom. The quantitative estimate of drug-likeness (QED) is 0.706. The van der Waals surface area contributed by atoms with Crippen molar-refractivity contribution in [3.05, 3.63) is 60.9 Å². The van der Waals surface area contributed by atoms with Crippen LogP contribution in [-0.2, 0) is 6.54 Å². The predicted octanol–water partition coefficient (Wildman–Crippen LogP) is 2.35. The Labute approximate surface area is 123 Å². The van der Waals surface area contributed by atoms with E-state index in [0.717, 1.165) is 24.9 Å². The second-order valence-corrected chi connectivity index (χ2v) is 5.03. The Morgan fingerprint density at radius 1 is 1.24 bits per heavy atom. The molecule has 0 saturated carbocycles. The van der Waals surface area contributed by atoms with Crippen LogP contribution in [0.25, 0.3) is 5.52 Å². The molecule has 0 aliphatic rings. The van der Waals surface area contributed by atoms with Gasteiger partial charge in [0.15, 0.2) is 0 Å². The predicted molar refractivity (Wildman–Crippen MR) is 81.2 cm³/mol. The van der Waals surface area contributed by atoms with Crippen molar-refractivity contribution in [1.29, 1.82) is 0 Å². The van der Waals surface area contributed by atoms with Gasteiger partial charge >= 0.3 is 0 Å². The highest BCUT2D eigenvalue weighted by Gasteiger charge is 2.07. The van der Waals surface area contributed by atoms with Crippen LogP contribution < -0.4 is 5.32 Å². The average Bonchev–Trinajstić information content (AvgIpc) is 3.15. The van der Waals surface area contributed by atoms with Crippen molar-refractivity contribution >= 4 is 11.4 Å². The molecule has 0 aliphatic carbocycles. The van der Waals surface area contributed by atoms with Gasteiger partial charge in [-0.3, -0.25) is 4.79 Å². The highest BCUT2D eigenvalue weighted by atomic mass is 16.1. The van der Waals surface area contributed by atoms with Crippen LogP contribution in [-0.4, -0.2) is 26.4 Å².